The lowest BCUT2D eigenvalue weighted by Crippen LogP contribution is -2.60. The number of nitrogens with zero attached hydrogens (tertiary/aromatic N) is 2. The van der Waals surface area contributed by atoms with Crippen molar-refractivity contribution in [2.24, 2.45) is 0 Å². The van der Waals surface area contributed by atoms with Crippen LogP contribution in [0.5, 0.6) is 0 Å². The van der Waals surface area contributed by atoms with Crippen molar-refractivity contribution in [3.8, 4) is 0 Å². The van der Waals surface area contributed by atoms with E-state index in [1.807, 2.05) is 6.92 Å². The van der Waals surface area contributed by atoms with E-state index in [-0.39, 0.29) is 34.8 Å². The van der Waals surface area contributed by atoms with E-state index in [1.165, 1.54) is 0 Å². The minimum Gasteiger partial charge on any atom is -0.478 e. The molecule has 6 nitrogen and oxygen atoms in total. The van der Waals surface area contributed by atoms with Crippen molar-refractivity contribution < 1.29 is 14.3 Å². The van der Waals surface area contributed by atoms with Crippen molar-refractivity contribution in [1.29, 1.82) is 5.41 Å². The first-order valence-electron chi connectivity index (χ1n) is 14.4. The van der Waals surface area contributed by atoms with Crippen LogP contribution in [0.3, 0.4) is 0 Å². The Morgan fingerprint density at radius 2 is 1.44 bits per heavy atom. The second-order valence-electron chi connectivity index (χ2n) is 13.4. The number of hydrogen-bond donors (Lipinski definition) is 1. The summed E-state index contributed by atoms with van der Waals surface area (Å²) in [4.78, 5) is 17.0. The van der Waals surface area contributed by atoms with Gasteiger partial charge < -0.3 is 9.47 Å². The maximum absolute atomic E-state index is 12.2. The molecule has 0 radical (unpaired) electrons. The van der Waals surface area contributed by atoms with Crippen LogP contribution in [-0.2, 0) is 14.3 Å². The summed E-state index contributed by atoms with van der Waals surface area (Å²) in [6.07, 6.45) is 10.4. The van der Waals surface area contributed by atoms with Crippen molar-refractivity contribution in [2.75, 3.05) is 14.1 Å². The number of esters is 1. The number of carbonyl (C=O) groups excluding carboxylic acids is 1. The number of unbranched alkanes of at least 4 members (excludes halogenated alkanes) is 5. The van der Waals surface area contributed by atoms with Crippen molar-refractivity contribution in [2.45, 2.75) is 168 Å². The van der Waals surface area contributed by atoms with E-state index in [9.17, 15) is 4.79 Å². The van der Waals surface area contributed by atoms with E-state index in [0.29, 0.717) is 18.4 Å². The van der Waals surface area contributed by atoms with Gasteiger partial charge in [-0.2, -0.15) is 0 Å². The van der Waals surface area contributed by atoms with Crippen LogP contribution in [0.4, 0.5) is 0 Å². The van der Waals surface area contributed by atoms with Gasteiger partial charge in [0.1, 0.15) is 12.2 Å². The summed E-state index contributed by atoms with van der Waals surface area (Å²) in [6.45, 7) is 19.9. The van der Waals surface area contributed by atoms with E-state index in [2.05, 4.69) is 79.3 Å². The Morgan fingerprint density at radius 3 is 1.94 bits per heavy atom. The minimum atomic E-state index is -0.0728. The summed E-state index contributed by atoms with van der Waals surface area (Å²) < 4.78 is 11.7. The summed E-state index contributed by atoms with van der Waals surface area (Å²) in [5.74, 6) is 0.368. The molecule has 1 rings (SSSR count). The third-order valence-electron chi connectivity index (χ3n) is 8.46. The van der Waals surface area contributed by atoms with E-state index in [4.69, 9.17) is 14.9 Å². The Morgan fingerprint density at radius 1 is 0.972 bits per heavy atom. The molecular formula is C30H59N3O3. The highest BCUT2D eigenvalue weighted by atomic mass is 16.5. The van der Waals surface area contributed by atoms with Gasteiger partial charge in [-0.05, 0) is 89.3 Å². The van der Waals surface area contributed by atoms with Gasteiger partial charge in [0.05, 0.1) is 0 Å². The van der Waals surface area contributed by atoms with Crippen molar-refractivity contribution in [3.63, 3.8) is 0 Å². The molecule has 0 bridgehead atoms. The van der Waals surface area contributed by atoms with Gasteiger partial charge in [-0.25, -0.2) is 0 Å². The predicted octanol–water partition coefficient (Wildman–Crippen LogP) is 7.19. The lowest BCUT2D eigenvalue weighted by molar-refractivity contribution is -0.150. The number of ether oxygens (including phenoxy) is 2. The monoisotopic (exact) mass is 509 g/mol. The molecule has 36 heavy (non-hydrogen) atoms. The maximum atomic E-state index is 12.2. The zero-order chi connectivity index (χ0) is 27.7. The standard InChI is InChI=1S/C30H59N3O3/c1-23(2)32(10)28(4,5)20-24(3)35-27(34)19-17-15-13-12-14-16-18-26(31)36-25-21-29(6,7)33(11)30(8,9)22-25/h23-25,31H,12-22H2,1-11H3. The topological polar surface area (TPSA) is 65.9 Å². The molecule has 212 valence electrons. The molecule has 0 spiro atoms. The van der Waals surface area contributed by atoms with Crippen LogP contribution in [0.2, 0.25) is 0 Å². The lowest BCUT2D eigenvalue weighted by Gasteiger charge is -2.53. The molecule has 1 aliphatic rings. The molecule has 6 heteroatoms. The summed E-state index contributed by atoms with van der Waals surface area (Å²) >= 11 is 0. The molecular weight excluding hydrogens is 450 g/mol. The summed E-state index contributed by atoms with van der Waals surface area (Å²) in [5.41, 5.74) is 0.159. The van der Waals surface area contributed by atoms with Gasteiger partial charge in [0.25, 0.3) is 0 Å². The summed E-state index contributed by atoms with van der Waals surface area (Å²) in [6, 6.07) is 0.458. The number of carbonyl (C=O) groups is 1. The zero-order valence-corrected chi connectivity index (χ0v) is 25.6. The molecule has 1 N–H and O–H groups in total. The van der Waals surface area contributed by atoms with Gasteiger partial charge in [0.2, 0.25) is 0 Å². The minimum absolute atomic E-state index is 0.00442. The SMILES string of the molecule is CC(CC(C)(C)N(C)C(C)C)OC(=O)CCCCCCCCC(=N)OC1CC(C)(C)N(C)C(C)(C)C1. The van der Waals surface area contributed by atoms with Crippen molar-refractivity contribution >= 4 is 11.9 Å². The Kier molecular flexibility index (Phi) is 12.9. The van der Waals surface area contributed by atoms with Gasteiger partial charge in [0.15, 0.2) is 5.90 Å². The number of nitrogens with one attached hydrogen (secondary N) is 1. The van der Waals surface area contributed by atoms with Crippen LogP contribution in [0.25, 0.3) is 0 Å². The Bertz CT molecular complexity index is 669. The molecule has 1 aliphatic heterocycles. The van der Waals surface area contributed by atoms with Crippen molar-refractivity contribution in [3.05, 3.63) is 0 Å². The molecule has 0 amide bonds. The average Bonchev–Trinajstić information content (AvgIpc) is 2.72. The van der Waals surface area contributed by atoms with Gasteiger partial charge in [-0.3, -0.25) is 20.0 Å². The molecule has 0 aromatic heterocycles. The van der Waals surface area contributed by atoms with E-state index in [0.717, 1.165) is 64.2 Å². The normalized spacial score (nSPS) is 19.5. The van der Waals surface area contributed by atoms with E-state index >= 15 is 0 Å². The van der Waals surface area contributed by atoms with E-state index in [1.54, 1.807) is 0 Å². The first-order valence-corrected chi connectivity index (χ1v) is 14.4. The second kappa shape index (κ2) is 14.1. The fourth-order valence-electron chi connectivity index (χ4n) is 5.76. The third kappa shape index (κ3) is 11.1. The average molecular weight is 510 g/mol. The van der Waals surface area contributed by atoms with Crippen LogP contribution < -0.4 is 0 Å². The van der Waals surface area contributed by atoms with Gasteiger partial charge in [-0.15, -0.1) is 0 Å². The van der Waals surface area contributed by atoms with Crippen molar-refractivity contribution in [1.82, 2.24) is 9.80 Å². The van der Waals surface area contributed by atoms with Crippen LogP contribution in [0, 0.1) is 5.41 Å². The van der Waals surface area contributed by atoms with E-state index < -0.39 is 0 Å². The smallest absolute Gasteiger partial charge is 0.306 e. The van der Waals surface area contributed by atoms with Gasteiger partial charge >= 0.3 is 5.97 Å². The maximum Gasteiger partial charge on any atom is 0.306 e. The predicted molar refractivity (Wildman–Crippen MR) is 152 cm³/mol. The molecule has 1 atom stereocenters. The first-order chi connectivity index (χ1) is 16.5. The highest BCUT2D eigenvalue weighted by Crippen LogP contribution is 2.38. The Hall–Kier alpha value is -1.14. The number of rotatable bonds is 15. The Balaban J connectivity index is 2.14. The highest BCUT2D eigenvalue weighted by molar-refractivity contribution is 5.72. The molecule has 0 saturated carbocycles. The summed E-state index contributed by atoms with van der Waals surface area (Å²) in [7, 11) is 4.32. The number of likely N-dealkylation sites (tertiary alicyclic amines) is 1. The molecule has 0 aromatic carbocycles. The van der Waals surface area contributed by atoms with Gasteiger partial charge in [-0.1, -0.05) is 25.7 Å². The molecule has 0 aromatic rings. The Labute approximate surface area is 223 Å². The highest BCUT2D eigenvalue weighted by Gasteiger charge is 2.44. The first kappa shape index (κ1) is 32.9. The van der Waals surface area contributed by atoms with Crippen LogP contribution in [0.15, 0.2) is 0 Å². The molecule has 0 aliphatic carbocycles. The lowest BCUT2D eigenvalue weighted by atomic mass is 9.79. The third-order valence-corrected chi connectivity index (χ3v) is 8.46. The largest absolute Gasteiger partial charge is 0.478 e. The molecule has 1 fully saturated rings. The fourth-order valence-corrected chi connectivity index (χ4v) is 5.76. The molecule has 1 saturated heterocycles. The fraction of sp³-hybridized carbons (Fsp3) is 0.933. The zero-order valence-electron chi connectivity index (χ0n) is 25.6. The van der Waals surface area contributed by atoms with Gasteiger partial charge in [0, 0.05) is 54.8 Å². The van der Waals surface area contributed by atoms with Crippen LogP contribution >= 0.6 is 0 Å². The molecule has 1 heterocycles. The van der Waals surface area contributed by atoms with Crippen LogP contribution in [0.1, 0.15) is 133 Å². The quantitative estimate of drug-likeness (QED) is 0.109. The van der Waals surface area contributed by atoms with Crippen LogP contribution in [-0.4, -0.2) is 70.6 Å². The number of piperidine rings is 1. The molecule has 1 unspecified atom stereocenters. The summed E-state index contributed by atoms with van der Waals surface area (Å²) in [5, 5.41) is 8.29. The number of hydrogen-bond acceptors (Lipinski definition) is 6. The second-order valence-corrected chi connectivity index (χ2v) is 13.4.